The first-order valence-corrected chi connectivity index (χ1v) is 5.64. The second-order valence-electron chi connectivity index (χ2n) is 4.26. The molecule has 2 aromatic heterocycles. The highest BCUT2D eigenvalue weighted by atomic mass is 19.1. The Labute approximate surface area is 107 Å². The van der Waals surface area contributed by atoms with E-state index < -0.39 is 11.6 Å². The van der Waals surface area contributed by atoms with E-state index >= 15 is 0 Å². The number of benzene rings is 1. The highest BCUT2D eigenvalue weighted by molar-refractivity contribution is 5.79. The molecule has 0 aliphatic heterocycles. The van der Waals surface area contributed by atoms with Crippen molar-refractivity contribution in [3.05, 3.63) is 41.7 Å². The highest BCUT2D eigenvalue weighted by Crippen LogP contribution is 2.23. The monoisotopic (exact) mass is 263 g/mol. The van der Waals surface area contributed by atoms with Gasteiger partial charge in [-0.05, 0) is 6.07 Å². The Bertz CT molecular complexity index is 759. The summed E-state index contributed by atoms with van der Waals surface area (Å²) < 4.78 is 30.1. The molecule has 0 spiro atoms. The lowest BCUT2D eigenvalue weighted by Gasteiger charge is -2.06. The lowest BCUT2D eigenvalue weighted by molar-refractivity contribution is 0.590. The van der Waals surface area contributed by atoms with Crippen LogP contribution in [0.1, 0.15) is 5.69 Å². The van der Waals surface area contributed by atoms with Crippen molar-refractivity contribution in [2.75, 3.05) is 5.73 Å². The average molecular weight is 263 g/mol. The molecule has 1 aromatic carbocycles. The standard InChI is InChI=1S/C12H11F2N5/c1-18-8(2-3-16-18)6-19-10-5-7(13)4-9(14)11(10)17-12(19)15/h2-5H,6H2,1H3,(H2,15,17). The topological polar surface area (TPSA) is 61.7 Å². The molecule has 0 bridgehead atoms. The van der Waals surface area contributed by atoms with Gasteiger partial charge in [-0.3, -0.25) is 4.68 Å². The molecule has 0 saturated carbocycles. The quantitative estimate of drug-likeness (QED) is 0.765. The van der Waals surface area contributed by atoms with Crippen LogP contribution in [0.25, 0.3) is 11.0 Å². The Hall–Kier alpha value is -2.44. The molecule has 7 heteroatoms. The van der Waals surface area contributed by atoms with Crippen LogP contribution >= 0.6 is 0 Å². The molecule has 0 aliphatic rings. The van der Waals surface area contributed by atoms with Crippen LogP contribution < -0.4 is 5.73 Å². The number of hydrogen-bond acceptors (Lipinski definition) is 3. The van der Waals surface area contributed by atoms with Crippen LogP contribution in [0.5, 0.6) is 0 Å². The highest BCUT2D eigenvalue weighted by Gasteiger charge is 2.14. The molecule has 0 atom stereocenters. The molecule has 3 aromatic rings. The second kappa shape index (κ2) is 4.04. The van der Waals surface area contributed by atoms with Crippen molar-refractivity contribution in [3.63, 3.8) is 0 Å². The molecule has 5 nitrogen and oxygen atoms in total. The molecule has 0 aliphatic carbocycles. The summed E-state index contributed by atoms with van der Waals surface area (Å²) in [5.41, 5.74) is 7.03. The minimum Gasteiger partial charge on any atom is -0.369 e. The minimum absolute atomic E-state index is 0.0704. The smallest absolute Gasteiger partial charge is 0.201 e. The van der Waals surface area contributed by atoms with Crippen molar-refractivity contribution in [1.82, 2.24) is 19.3 Å². The van der Waals surface area contributed by atoms with Crippen molar-refractivity contribution >= 4 is 17.0 Å². The molecule has 0 unspecified atom stereocenters. The first-order chi connectivity index (χ1) is 9.06. The van der Waals surface area contributed by atoms with Gasteiger partial charge in [0.2, 0.25) is 5.95 Å². The van der Waals surface area contributed by atoms with E-state index in [4.69, 9.17) is 5.73 Å². The first-order valence-electron chi connectivity index (χ1n) is 5.64. The number of nitrogen functional groups attached to an aromatic ring is 1. The van der Waals surface area contributed by atoms with Crippen LogP contribution in [0.15, 0.2) is 24.4 Å². The number of anilines is 1. The fraction of sp³-hybridized carbons (Fsp3) is 0.167. The maximum absolute atomic E-state index is 13.6. The van der Waals surface area contributed by atoms with Gasteiger partial charge in [0.15, 0.2) is 5.82 Å². The zero-order valence-corrected chi connectivity index (χ0v) is 10.1. The fourth-order valence-electron chi connectivity index (χ4n) is 2.05. The van der Waals surface area contributed by atoms with Gasteiger partial charge in [0.05, 0.1) is 17.8 Å². The molecular weight excluding hydrogens is 252 g/mol. The van der Waals surface area contributed by atoms with Crippen molar-refractivity contribution in [2.45, 2.75) is 6.54 Å². The molecule has 0 fully saturated rings. The van der Waals surface area contributed by atoms with Gasteiger partial charge in [-0.1, -0.05) is 0 Å². The normalized spacial score (nSPS) is 11.3. The number of rotatable bonds is 2. The van der Waals surface area contributed by atoms with Gasteiger partial charge in [0.1, 0.15) is 11.3 Å². The Morgan fingerprint density at radius 1 is 1.32 bits per heavy atom. The maximum Gasteiger partial charge on any atom is 0.201 e. The summed E-state index contributed by atoms with van der Waals surface area (Å²) in [5, 5.41) is 4.04. The van der Waals surface area contributed by atoms with E-state index in [1.807, 2.05) is 0 Å². The molecule has 3 rings (SSSR count). The van der Waals surface area contributed by atoms with Gasteiger partial charge >= 0.3 is 0 Å². The minimum atomic E-state index is -0.717. The van der Waals surface area contributed by atoms with Gasteiger partial charge in [-0.25, -0.2) is 13.8 Å². The number of nitrogens with two attached hydrogens (primary N) is 1. The number of imidazole rings is 1. The summed E-state index contributed by atoms with van der Waals surface area (Å²) in [4.78, 5) is 3.93. The average Bonchev–Trinajstić information content (AvgIpc) is 2.87. The van der Waals surface area contributed by atoms with Crippen LogP contribution in [0, 0.1) is 11.6 Å². The molecule has 19 heavy (non-hydrogen) atoms. The van der Waals surface area contributed by atoms with Crippen molar-refractivity contribution in [3.8, 4) is 0 Å². The number of fused-ring (bicyclic) bond motifs is 1. The zero-order chi connectivity index (χ0) is 13.6. The van der Waals surface area contributed by atoms with Crippen LogP contribution in [-0.2, 0) is 13.6 Å². The first kappa shape index (κ1) is 11.6. The Balaban J connectivity index is 2.18. The number of halogens is 2. The number of hydrogen-bond donors (Lipinski definition) is 1. The number of nitrogens with zero attached hydrogens (tertiary/aromatic N) is 4. The van der Waals surface area contributed by atoms with Crippen LogP contribution in [0.4, 0.5) is 14.7 Å². The molecule has 0 radical (unpaired) electrons. The summed E-state index contributed by atoms with van der Waals surface area (Å²) in [6, 6.07) is 3.82. The predicted octanol–water partition coefficient (Wildman–Crippen LogP) is 1.68. The van der Waals surface area contributed by atoms with E-state index in [-0.39, 0.29) is 11.5 Å². The van der Waals surface area contributed by atoms with Crippen LogP contribution in [-0.4, -0.2) is 19.3 Å². The van der Waals surface area contributed by atoms with Gasteiger partial charge in [-0.15, -0.1) is 0 Å². The molecule has 98 valence electrons. The Kier molecular flexibility index (Phi) is 2.48. The molecule has 2 heterocycles. The van der Waals surface area contributed by atoms with E-state index in [0.29, 0.717) is 12.1 Å². The SMILES string of the molecule is Cn1nccc1Cn1c(N)nc2c(F)cc(F)cc21. The zero-order valence-electron chi connectivity index (χ0n) is 10.1. The van der Waals surface area contributed by atoms with Gasteiger partial charge < -0.3 is 10.3 Å². The molecule has 2 N–H and O–H groups in total. The summed E-state index contributed by atoms with van der Waals surface area (Å²) in [6.45, 7) is 0.349. The third-order valence-corrected chi connectivity index (χ3v) is 3.04. The number of aromatic nitrogens is 4. The van der Waals surface area contributed by atoms with E-state index in [1.165, 1.54) is 6.07 Å². The Morgan fingerprint density at radius 2 is 2.11 bits per heavy atom. The van der Waals surface area contributed by atoms with Gasteiger partial charge in [0.25, 0.3) is 0 Å². The second-order valence-corrected chi connectivity index (χ2v) is 4.26. The summed E-state index contributed by atoms with van der Waals surface area (Å²) in [5.74, 6) is -1.23. The maximum atomic E-state index is 13.6. The van der Waals surface area contributed by atoms with Crippen molar-refractivity contribution in [1.29, 1.82) is 0 Å². The summed E-state index contributed by atoms with van der Waals surface area (Å²) >= 11 is 0. The Morgan fingerprint density at radius 3 is 2.79 bits per heavy atom. The third-order valence-electron chi connectivity index (χ3n) is 3.04. The molecular formula is C12H11F2N5. The van der Waals surface area contributed by atoms with E-state index in [2.05, 4.69) is 10.1 Å². The van der Waals surface area contributed by atoms with Gasteiger partial charge in [0, 0.05) is 25.4 Å². The van der Waals surface area contributed by atoms with E-state index in [0.717, 1.165) is 11.8 Å². The fourth-order valence-corrected chi connectivity index (χ4v) is 2.05. The van der Waals surface area contributed by atoms with Gasteiger partial charge in [-0.2, -0.15) is 5.10 Å². The molecule has 0 amide bonds. The van der Waals surface area contributed by atoms with Crippen molar-refractivity contribution < 1.29 is 8.78 Å². The van der Waals surface area contributed by atoms with Crippen LogP contribution in [0.3, 0.4) is 0 Å². The van der Waals surface area contributed by atoms with Crippen molar-refractivity contribution in [2.24, 2.45) is 7.05 Å². The lowest BCUT2D eigenvalue weighted by Crippen LogP contribution is -2.08. The summed E-state index contributed by atoms with van der Waals surface area (Å²) in [7, 11) is 1.78. The number of aryl methyl sites for hydroxylation is 1. The predicted molar refractivity (Wildman–Crippen MR) is 66.4 cm³/mol. The van der Waals surface area contributed by atoms with E-state index in [9.17, 15) is 8.78 Å². The largest absolute Gasteiger partial charge is 0.369 e. The van der Waals surface area contributed by atoms with E-state index in [1.54, 1.807) is 28.6 Å². The van der Waals surface area contributed by atoms with Crippen LogP contribution in [0.2, 0.25) is 0 Å². The lowest BCUT2D eigenvalue weighted by atomic mass is 10.3. The molecule has 0 saturated heterocycles. The third kappa shape index (κ3) is 1.83. The summed E-state index contributed by atoms with van der Waals surface area (Å²) in [6.07, 6.45) is 1.64.